The van der Waals surface area contributed by atoms with Gasteiger partial charge in [-0.1, -0.05) is 31.2 Å². The SMILES string of the molecule is CCc1ccc(N(CCCC(=O)NCCCc2ccc(OC)cc2)S(C)(=O)=O)cc1. The molecule has 1 N–H and O–H groups in total. The van der Waals surface area contributed by atoms with E-state index in [2.05, 4.69) is 12.2 Å². The summed E-state index contributed by atoms with van der Waals surface area (Å²) in [5.74, 6) is 0.774. The lowest BCUT2D eigenvalue weighted by Crippen LogP contribution is -2.32. The highest BCUT2D eigenvalue weighted by molar-refractivity contribution is 7.92. The lowest BCUT2D eigenvalue weighted by atomic mass is 10.1. The van der Waals surface area contributed by atoms with Crippen LogP contribution in [0.3, 0.4) is 0 Å². The van der Waals surface area contributed by atoms with E-state index in [4.69, 9.17) is 4.74 Å². The quantitative estimate of drug-likeness (QED) is 0.521. The largest absolute Gasteiger partial charge is 0.497 e. The van der Waals surface area contributed by atoms with Crippen molar-refractivity contribution in [3.8, 4) is 5.75 Å². The Hall–Kier alpha value is -2.54. The zero-order valence-electron chi connectivity index (χ0n) is 18.1. The van der Waals surface area contributed by atoms with E-state index in [1.165, 1.54) is 16.1 Å². The lowest BCUT2D eigenvalue weighted by Gasteiger charge is -2.22. The molecule has 0 saturated heterocycles. The number of nitrogens with one attached hydrogen (secondary N) is 1. The number of hydrogen-bond acceptors (Lipinski definition) is 4. The molecule has 0 fully saturated rings. The van der Waals surface area contributed by atoms with Gasteiger partial charge in [-0.15, -0.1) is 0 Å². The summed E-state index contributed by atoms with van der Waals surface area (Å²) in [6, 6.07) is 15.4. The van der Waals surface area contributed by atoms with Crippen molar-refractivity contribution in [3.05, 3.63) is 59.7 Å². The van der Waals surface area contributed by atoms with Crippen LogP contribution in [0.4, 0.5) is 5.69 Å². The summed E-state index contributed by atoms with van der Waals surface area (Å²) in [4.78, 5) is 12.1. The molecular formula is C23H32N2O4S. The van der Waals surface area contributed by atoms with Crippen molar-refractivity contribution in [2.75, 3.05) is 30.8 Å². The highest BCUT2D eigenvalue weighted by atomic mass is 32.2. The molecule has 2 aromatic rings. The topological polar surface area (TPSA) is 75.7 Å². The number of sulfonamides is 1. The highest BCUT2D eigenvalue weighted by Gasteiger charge is 2.17. The minimum Gasteiger partial charge on any atom is -0.497 e. The Balaban J connectivity index is 1.74. The summed E-state index contributed by atoms with van der Waals surface area (Å²) >= 11 is 0. The van der Waals surface area contributed by atoms with Crippen LogP contribution in [-0.4, -0.2) is 40.8 Å². The Bertz CT molecular complexity index is 894. The Morgan fingerprint density at radius 1 is 1.00 bits per heavy atom. The van der Waals surface area contributed by atoms with Gasteiger partial charge in [-0.2, -0.15) is 0 Å². The summed E-state index contributed by atoms with van der Waals surface area (Å²) in [5.41, 5.74) is 2.98. The fraction of sp³-hybridized carbons (Fsp3) is 0.435. The summed E-state index contributed by atoms with van der Waals surface area (Å²) in [6.45, 7) is 2.93. The molecule has 0 atom stereocenters. The van der Waals surface area contributed by atoms with Crippen molar-refractivity contribution in [1.82, 2.24) is 5.32 Å². The van der Waals surface area contributed by atoms with E-state index in [1.807, 2.05) is 48.5 Å². The van der Waals surface area contributed by atoms with Crippen LogP contribution in [0.2, 0.25) is 0 Å². The molecule has 0 spiro atoms. The normalized spacial score (nSPS) is 11.2. The van der Waals surface area contributed by atoms with E-state index >= 15 is 0 Å². The van der Waals surface area contributed by atoms with Crippen LogP contribution in [0.25, 0.3) is 0 Å². The van der Waals surface area contributed by atoms with Gasteiger partial charge in [0, 0.05) is 19.5 Å². The van der Waals surface area contributed by atoms with Crippen molar-refractivity contribution in [1.29, 1.82) is 0 Å². The molecule has 0 radical (unpaired) electrons. The molecule has 0 unspecified atom stereocenters. The first-order chi connectivity index (χ1) is 14.3. The minimum atomic E-state index is -3.40. The van der Waals surface area contributed by atoms with Crippen LogP contribution in [-0.2, 0) is 27.7 Å². The number of amides is 1. The Morgan fingerprint density at radius 2 is 1.63 bits per heavy atom. The van der Waals surface area contributed by atoms with Gasteiger partial charge in [0.05, 0.1) is 19.1 Å². The molecule has 0 aliphatic rings. The van der Waals surface area contributed by atoms with Crippen molar-refractivity contribution < 1.29 is 17.9 Å². The maximum atomic E-state index is 12.2. The maximum Gasteiger partial charge on any atom is 0.232 e. The molecule has 0 saturated carbocycles. The van der Waals surface area contributed by atoms with Gasteiger partial charge in [0.25, 0.3) is 0 Å². The van der Waals surface area contributed by atoms with E-state index in [9.17, 15) is 13.2 Å². The fourth-order valence-electron chi connectivity index (χ4n) is 3.17. The number of carbonyl (C=O) groups is 1. The first kappa shape index (κ1) is 23.7. The van der Waals surface area contributed by atoms with Crippen LogP contribution in [0.5, 0.6) is 5.75 Å². The summed E-state index contributed by atoms with van der Waals surface area (Å²) in [6.07, 6.45) is 4.57. The maximum absolute atomic E-state index is 12.2. The van der Waals surface area contributed by atoms with E-state index < -0.39 is 10.0 Å². The third kappa shape index (κ3) is 7.71. The van der Waals surface area contributed by atoms with E-state index in [-0.39, 0.29) is 12.5 Å². The standard InChI is InChI=1S/C23H32N2O4S/c1-4-19-9-13-21(14-10-19)25(30(3,27)28)18-6-8-23(26)24-17-5-7-20-11-15-22(29-2)16-12-20/h9-16H,4-8,17-18H2,1-3H3,(H,24,26). The van der Waals surface area contributed by atoms with Crippen molar-refractivity contribution >= 4 is 21.6 Å². The smallest absolute Gasteiger partial charge is 0.232 e. The number of carbonyl (C=O) groups excluding carboxylic acids is 1. The zero-order chi connectivity index (χ0) is 22.0. The highest BCUT2D eigenvalue weighted by Crippen LogP contribution is 2.19. The summed E-state index contributed by atoms with van der Waals surface area (Å²) < 4.78 is 30.8. The minimum absolute atomic E-state index is 0.0560. The number of benzene rings is 2. The van der Waals surface area contributed by atoms with Crippen LogP contribution in [0.15, 0.2) is 48.5 Å². The van der Waals surface area contributed by atoms with Gasteiger partial charge in [0.15, 0.2) is 0 Å². The molecule has 1 amide bonds. The van der Waals surface area contributed by atoms with Gasteiger partial charge in [0.1, 0.15) is 5.75 Å². The van der Waals surface area contributed by atoms with Gasteiger partial charge >= 0.3 is 0 Å². The van der Waals surface area contributed by atoms with Crippen LogP contribution >= 0.6 is 0 Å². The Morgan fingerprint density at radius 3 is 2.20 bits per heavy atom. The fourth-order valence-corrected chi connectivity index (χ4v) is 4.13. The predicted molar refractivity (Wildman–Crippen MR) is 122 cm³/mol. The molecule has 2 aromatic carbocycles. The number of anilines is 1. The van der Waals surface area contributed by atoms with Crippen LogP contribution in [0, 0.1) is 0 Å². The zero-order valence-corrected chi connectivity index (χ0v) is 18.9. The second-order valence-electron chi connectivity index (χ2n) is 7.26. The molecule has 30 heavy (non-hydrogen) atoms. The predicted octanol–water partition coefficient (Wildman–Crippen LogP) is 3.55. The van der Waals surface area contributed by atoms with Gasteiger partial charge < -0.3 is 10.1 Å². The first-order valence-corrected chi connectivity index (χ1v) is 12.1. The average molecular weight is 433 g/mol. The van der Waals surface area contributed by atoms with Gasteiger partial charge in [0.2, 0.25) is 15.9 Å². The molecule has 0 heterocycles. The summed E-state index contributed by atoms with van der Waals surface area (Å²) in [5, 5.41) is 2.91. The third-order valence-corrected chi connectivity index (χ3v) is 6.12. The van der Waals surface area contributed by atoms with Gasteiger partial charge in [-0.25, -0.2) is 8.42 Å². The lowest BCUT2D eigenvalue weighted by molar-refractivity contribution is -0.121. The molecular weight excluding hydrogens is 400 g/mol. The molecule has 0 bridgehead atoms. The van der Waals surface area contributed by atoms with E-state index in [0.717, 1.165) is 30.6 Å². The monoisotopic (exact) mass is 432 g/mol. The molecule has 164 valence electrons. The Labute approximate surface area is 180 Å². The second kappa shape index (κ2) is 11.6. The van der Waals surface area contributed by atoms with Crippen LogP contribution < -0.4 is 14.4 Å². The number of nitrogens with zero attached hydrogens (tertiary/aromatic N) is 1. The molecule has 7 heteroatoms. The molecule has 0 aliphatic carbocycles. The number of hydrogen-bond donors (Lipinski definition) is 1. The van der Waals surface area contributed by atoms with Crippen molar-refractivity contribution in [2.45, 2.75) is 39.0 Å². The number of methoxy groups -OCH3 is 1. The second-order valence-corrected chi connectivity index (χ2v) is 9.17. The number of aryl methyl sites for hydroxylation is 2. The number of ether oxygens (including phenoxy) is 1. The first-order valence-electron chi connectivity index (χ1n) is 10.3. The molecule has 0 aromatic heterocycles. The Kier molecular flexibility index (Phi) is 9.17. The van der Waals surface area contributed by atoms with E-state index in [1.54, 1.807) is 7.11 Å². The van der Waals surface area contributed by atoms with Crippen molar-refractivity contribution in [2.24, 2.45) is 0 Å². The van der Waals surface area contributed by atoms with Gasteiger partial charge in [-0.3, -0.25) is 9.10 Å². The van der Waals surface area contributed by atoms with Gasteiger partial charge in [-0.05, 0) is 61.1 Å². The third-order valence-electron chi connectivity index (χ3n) is 4.92. The molecule has 6 nitrogen and oxygen atoms in total. The summed E-state index contributed by atoms with van der Waals surface area (Å²) in [7, 11) is -1.76. The average Bonchev–Trinajstić information content (AvgIpc) is 2.74. The number of rotatable bonds is 12. The van der Waals surface area contributed by atoms with Crippen LogP contribution in [0.1, 0.15) is 37.3 Å². The van der Waals surface area contributed by atoms with E-state index in [0.29, 0.717) is 25.1 Å². The molecule has 2 rings (SSSR count). The molecule has 0 aliphatic heterocycles. The van der Waals surface area contributed by atoms with Crippen molar-refractivity contribution in [3.63, 3.8) is 0 Å².